The summed E-state index contributed by atoms with van der Waals surface area (Å²) in [5.41, 5.74) is 7.49. The van der Waals surface area contributed by atoms with Crippen LogP contribution in [0.4, 0.5) is 5.69 Å². The first-order valence-electron chi connectivity index (χ1n) is 9.62. The number of amides is 1. The fraction of sp³-hybridized carbons (Fsp3) is 0.476. The fourth-order valence-electron chi connectivity index (χ4n) is 4.39. The van der Waals surface area contributed by atoms with E-state index in [1.54, 1.807) is 0 Å². The molecule has 2 aliphatic heterocycles. The Morgan fingerprint density at radius 1 is 1.04 bits per heavy atom. The van der Waals surface area contributed by atoms with Crippen molar-refractivity contribution < 1.29 is 4.79 Å². The van der Waals surface area contributed by atoms with Crippen LogP contribution in [0.1, 0.15) is 29.6 Å². The molecule has 0 bridgehead atoms. The van der Waals surface area contributed by atoms with E-state index in [-0.39, 0.29) is 11.9 Å². The summed E-state index contributed by atoms with van der Waals surface area (Å²) in [6.45, 7) is 4.40. The van der Waals surface area contributed by atoms with Gasteiger partial charge in [0.1, 0.15) is 0 Å². The predicted molar refractivity (Wildman–Crippen MR) is 106 cm³/mol. The summed E-state index contributed by atoms with van der Waals surface area (Å²) < 4.78 is 0. The maximum atomic E-state index is 12.9. The molecule has 1 atom stereocenters. The highest BCUT2D eigenvalue weighted by Crippen LogP contribution is 2.25. The average molecular weight is 352 g/mol. The molecule has 5 heteroatoms. The van der Waals surface area contributed by atoms with Gasteiger partial charge in [0.2, 0.25) is 0 Å². The number of likely N-dealkylation sites (tertiary alicyclic amines) is 2. The normalized spacial score (nSPS) is 22.7. The maximum absolute atomic E-state index is 12.9. The third kappa shape index (κ3) is 3.41. The first-order chi connectivity index (χ1) is 12.6. The lowest BCUT2D eigenvalue weighted by Crippen LogP contribution is -2.44. The van der Waals surface area contributed by atoms with Crippen molar-refractivity contribution in [2.45, 2.75) is 31.3 Å². The van der Waals surface area contributed by atoms with Crippen molar-refractivity contribution in [1.29, 1.82) is 0 Å². The number of nitrogens with one attached hydrogen (secondary N) is 1. The summed E-state index contributed by atoms with van der Waals surface area (Å²) in [7, 11) is 2.19. The Bertz CT molecular complexity index is 798. The van der Waals surface area contributed by atoms with E-state index in [1.165, 1.54) is 25.9 Å². The number of nitrogens with zero attached hydrogens (tertiary/aromatic N) is 2. The molecule has 0 aromatic heterocycles. The summed E-state index contributed by atoms with van der Waals surface area (Å²) >= 11 is 0. The molecule has 0 saturated carbocycles. The Hall–Kier alpha value is -2.11. The van der Waals surface area contributed by atoms with Gasteiger partial charge in [-0.15, -0.1) is 0 Å². The van der Waals surface area contributed by atoms with Crippen LogP contribution < -0.4 is 11.1 Å². The highest BCUT2D eigenvalue weighted by atomic mass is 16.1. The minimum atomic E-state index is 0.0106. The smallest absolute Gasteiger partial charge is 0.252 e. The van der Waals surface area contributed by atoms with E-state index < -0.39 is 0 Å². The fourth-order valence-corrected chi connectivity index (χ4v) is 4.39. The van der Waals surface area contributed by atoms with E-state index in [4.69, 9.17) is 5.73 Å². The van der Waals surface area contributed by atoms with Gasteiger partial charge in [0.15, 0.2) is 0 Å². The van der Waals surface area contributed by atoms with E-state index in [9.17, 15) is 4.79 Å². The van der Waals surface area contributed by atoms with Gasteiger partial charge in [-0.3, -0.25) is 9.69 Å². The molecule has 26 heavy (non-hydrogen) atoms. The standard InChI is InChI=1S/C21H28N4O/c1-24-11-9-16(10-12-24)25-13-8-15(14-25)23-21(26)19-6-2-5-18-17(19)4-3-7-20(18)22/h2-7,15-16H,8-14,22H2,1H3,(H,23,26). The summed E-state index contributed by atoms with van der Waals surface area (Å²) in [6, 6.07) is 12.4. The van der Waals surface area contributed by atoms with Gasteiger partial charge < -0.3 is 16.0 Å². The molecule has 2 fully saturated rings. The quantitative estimate of drug-likeness (QED) is 0.833. The van der Waals surface area contributed by atoms with Gasteiger partial charge in [-0.2, -0.15) is 0 Å². The van der Waals surface area contributed by atoms with E-state index in [2.05, 4.69) is 22.2 Å². The molecule has 0 aliphatic carbocycles. The van der Waals surface area contributed by atoms with Gasteiger partial charge in [0.05, 0.1) is 0 Å². The number of anilines is 1. The van der Waals surface area contributed by atoms with Crippen molar-refractivity contribution in [3.05, 3.63) is 42.0 Å². The second-order valence-electron chi connectivity index (χ2n) is 7.74. The molecular weight excluding hydrogens is 324 g/mol. The molecule has 3 N–H and O–H groups in total. The summed E-state index contributed by atoms with van der Waals surface area (Å²) in [5, 5.41) is 5.12. The number of carbonyl (C=O) groups excluding carboxylic acids is 1. The molecule has 5 nitrogen and oxygen atoms in total. The van der Waals surface area contributed by atoms with Gasteiger partial charge >= 0.3 is 0 Å². The number of carbonyl (C=O) groups is 1. The van der Waals surface area contributed by atoms with Crippen LogP contribution >= 0.6 is 0 Å². The Balaban J connectivity index is 1.42. The predicted octanol–water partition coefficient (Wildman–Crippen LogP) is 2.32. The van der Waals surface area contributed by atoms with Crippen molar-refractivity contribution in [1.82, 2.24) is 15.1 Å². The average Bonchev–Trinajstić information content (AvgIpc) is 3.10. The van der Waals surface area contributed by atoms with Crippen LogP contribution in [0.25, 0.3) is 10.8 Å². The molecule has 4 rings (SSSR count). The monoisotopic (exact) mass is 352 g/mol. The Kier molecular flexibility index (Phi) is 4.83. The van der Waals surface area contributed by atoms with Crippen LogP contribution in [-0.4, -0.2) is 61.0 Å². The van der Waals surface area contributed by atoms with E-state index in [0.29, 0.717) is 17.3 Å². The van der Waals surface area contributed by atoms with Crippen LogP contribution in [-0.2, 0) is 0 Å². The van der Waals surface area contributed by atoms with Crippen LogP contribution in [0.5, 0.6) is 0 Å². The van der Waals surface area contributed by atoms with Crippen molar-refractivity contribution in [2.24, 2.45) is 0 Å². The van der Waals surface area contributed by atoms with Crippen LogP contribution in [0.3, 0.4) is 0 Å². The van der Waals surface area contributed by atoms with E-state index in [1.807, 2.05) is 36.4 Å². The van der Waals surface area contributed by atoms with E-state index in [0.717, 1.165) is 30.3 Å². The molecule has 138 valence electrons. The third-order valence-electron chi connectivity index (χ3n) is 5.96. The molecule has 2 saturated heterocycles. The second-order valence-corrected chi connectivity index (χ2v) is 7.74. The Morgan fingerprint density at radius 2 is 1.77 bits per heavy atom. The molecule has 0 radical (unpaired) electrons. The van der Waals surface area contributed by atoms with E-state index >= 15 is 0 Å². The van der Waals surface area contributed by atoms with Crippen LogP contribution in [0.2, 0.25) is 0 Å². The third-order valence-corrected chi connectivity index (χ3v) is 5.96. The minimum absolute atomic E-state index is 0.0106. The zero-order valence-electron chi connectivity index (χ0n) is 15.4. The number of rotatable bonds is 3. The van der Waals surface area contributed by atoms with Crippen molar-refractivity contribution in [3.63, 3.8) is 0 Å². The largest absolute Gasteiger partial charge is 0.398 e. The number of hydrogen-bond donors (Lipinski definition) is 2. The van der Waals surface area contributed by atoms with Crippen LogP contribution in [0, 0.1) is 0 Å². The highest BCUT2D eigenvalue weighted by Gasteiger charge is 2.31. The van der Waals surface area contributed by atoms with Gasteiger partial charge in [0.25, 0.3) is 5.91 Å². The first-order valence-corrected chi connectivity index (χ1v) is 9.62. The van der Waals surface area contributed by atoms with Gasteiger partial charge in [-0.1, -0.05) is 24.3 Å². The number of fused-ring (bicyclic) bond motifs is 1. The van der Waals surface area contributed by atoms with Gasteiger partial charge in [0, 0.05) is 41.8 Å². The molecule has 0 spiro atoms. The van der Waals surface area contributed by atoms with Crippen molar-refractivity contribution in [2.75, 3.05) is 39.0 Å². The zero-order chi connectivity index (χ0) is 18.1. The molecule has 1 amide bonds. The summed E-state index contributed by atoms with van der Waals surface area (Å²) in [6.07, 6.45) is 3.50. The van der Waals surface area contributed by atoms with Gasteiger partial charge in [-0.05, 0) is 56.9 Å². The SMILES string of the molecule is CN1CCC(N2CCC(NC(=O)c3cccc4c(N)cccc34)C2)CC1. The molecule has 2 aromatic carbocycles. The molecule has 1 unspecified atom stereocenters. The number of nitrogen functional groups attached to an aromatic ring is 1. The lowest BCUT2D eigenvalue weighted by Gasteiger charge is -2.35. The Morgan fingerprint density at radius 3 is 2.58 bits per heavy atom. The lowest BCUT2D eigenvalue weighted by atomic mass is 10.0. The number of benzene rings is 2. The molecule has 2 heterocycles. The number of piperidine rings is 1. The highest BCUT2D eigenvalue weighted by molar-refractivity contribution is 6.09. The first kappa shape index (κ1) is 17.3. The number of nitrogens with two attached hydrogens (primary N) is 1. The topological polar surface area (TPSA) is 61.6 Å². The zero-order valence-corrected chi connectivity index (χ0v) is 15.4. The minimum Gasteiger partial charge on any atom is -0.398 e. The second kappa shape index (κ2) is 7.25. The molecular formula is C21H28N4O. The van der Waals surface area contributed by atoms with Crippen molar-refractivity contribution >= 4 is 22.4 Å². The maximum Gasteiger partial charge on any atom is 0.252 e. The summed E-state index contributed by atoms with van der Waals surface area (Å²) in [5.74, 6) is 0.0106. The number of hydrogen-bond acceptors (Lipinski definition) is 4. The summed E-state index contributed by atoms with van der Waals surface area (Å²) in [4.78, 5) is 17.8. The Labute approximate surface area is 155 Å². The molecule has 2 aliphatic rings. The van der Waals surface area contributed by atoms with Crippen molar-refractivity contribution in [3.8, 4) is 0 Å². The van der Waals surface area contributed by atoms with Gasteiger partial charge in [-0.25, -0.2) is 0 Å². The van der Waals surface area contributed by atoms with Crippen LogP contribution in [0.15, 0.2) is 36.4 Å². The molecule has 2 aromatic rings. The lowest BCUT2D eigenvalue weighted by molar-refractivity contribution is 0.0933.